The molecule has 1 aliphatic rings. The third-order valence-corrected chi connectivity index (χ3v) is 5.64. The maximum Gasteiger partial charge on any atom is 0.322 e. The fourth-order valence-electron chi connectivity index (χ4n) is 3.93. The summed E-state index contributed by atoms with van der Waals surface area (Å²) in [6.07, 6.45) is 1.69. The van der Waals surface area contributed by atoms with Gasteiger partial charge in [0.2, 0.25) is 0 Å². The van der Waals surface area contributed by atoms with Crippen LogP contribution >= 0.6 is 11.6 Å². The largest absolute Gasteiger partial charge is 0.389 e. The van der Waals surface area contributed by atoms with Crippen LogP contribution in [0.1, 0.15) is 46.2 Å². The van der Waals surface area contributed by atoms with E-state index in [1.54, 1.807) is 10.9 Å². The Labute approximate surface area is 183 Å². The Morgan fingerprint density at radius 3 is 2.63 bits per heavy atom. The first kappa shape index (κ1) is 22.6. The SMILES string of the molecule is CC(C)c1c(NC(=O)N2CCN(CC(C)(C)O)C(C)C2)cnn1-c1ccccc1Cl. The molecule has 3 rings (SSSR count). The molecular weight excluding hydrogens is 402 g/mol. The van der Waals surface area contributed by atoms with Crippen molar-refractivity contribution in [3.05, 3.63) is 41.2 Å². The smallest absolute Gasteiger partial charge is 0.322 e. The Balaban J connectivity index is 1.74. The van der Waals surface area contributed by atoms with Crippen molar-refractivity contribution in [3.8, 4) is 5.69 Å². The lowest BCUT2D eigenvalue weighted by atomic mass is 10.1. The molecule has 1 fully saturated rings. The van der Waals surface area contributed by atoms with E-state index in [-0.39, 0.29) is 18.0 Å². The van der Waals surface area contributed by atoms with Gasteiger partial charge in [-0.1, -0.05) is 37.6 Å². The van der Waals surface area contributed by atoms with Crippen LogP contribution in [0.4, 0.5) is 10.5 Å². The number of β-amino-alcohol motifs (C(OH)–C–C–N with tert-alkyl or cyclic N) is 1. The highest BCUT2D eigenvalue weighted by molar-refractivity contribution is 6.32. The van der Waals surface area contributed by atoms with E-state index >= 15 is 0 Å². The molecule has 2 aromatic rings. The average Bonchev–Trinajstić information content (AvgIpc) is 3.06. The van der Waals surface area contributed by atoms with Crippen molar-refractivity contribution in [1.82, 2.24) is 19.6 Å². The van der Waals surface area contributed by atoms with Gasteiger partial charge in [0.15, 0.2) is 0 Å². The minimum absolute atomic E-state index is 0.134. The number of rotatable bonds is 5. The average molecular weight is 434 g/mol. The molecule has 30 heavy (non-hydrogen) atoms. The van der Waals surface area contributed by atoms with Gasteiger partial charge in [0.1, 0.15) is 0 Å². The number of hydrogen-bond acceptors (Lipinski definition) is 4. The molecule has 2 N–H and O–H groups in total. The first-order chi connectivity index (χ1) is 14.1. The maximum absolute atomic E-state index is 13.0. The Hall–Kier alpha value is -2.09. The lowest BCUT2D eigenvalue weighted by molar-refractivity contribution is 0.00377. The van der Waals surface area contributed by atoms with Crippen LogP contribution in [-0.2, 0) is 0 Å². The molecule has 1 saturated heterocycles. The van der Waals surface area contributed by atoms with Gasteiger partial charge in [0.05, 0.1) is 33.9 Å². The van der Waals surface area contributed by atoms with E-state index in [9.17, 15) is 9.90 Å². The summed E-state index contributed by atoms with van der Waals surface area (Å²) in [5, 5.41) is 18.3. The molecule has 1 unspecified atom stereocenters. The van der Waals surface area contributed by atoms with E-state index in [0.717, 1.165) is 17.9 Å². The van der Waals surface area contributed by atoms with Crippen molar-refractivity contribution >= 4 is 23.3 Å². The first-order valence-electron chi connectivity index (χ1n) is 10.4. The number of halogens is 1. The van der Waals surface area contributed by atoms with E-state index in [0.29, 0.717) is 30.3 Å². The van der Waals surface area contributed by atoms with Crippen LogP contribution in [0.2, 0.25) is 5.02 Å². The molecule has 0 saturated carbocycles. The third-order valence-electron chi connectivity index (χ3n) is 5.32. The van der Waals surface area contributed by atoms with Gasteiger partial charge in [-0.25, -0.2) is 9.48 Å². The maximum atomic E-state index is 13.0. The number of amides is 2. The van der Waals surface area contributed by atoms with E-state index in [4.69, 9.17) is 11.6 Å². The molecule has 2 amide bonds. The van der Waals surface area contributed by atoms with Crippen molar-refractivity contribution in [2.45, 2.75) is 52.2 Å². The van der Waals surface area contributed by atoms with E-state index in [1.807, 2.05) is 43.0 Å². The van der Waals surface area contributed by atoms with Crippen LogP contribution in [0.15, 0.2) is 30.5 Å². The van der Waals surface area contributed by atoms with Crippen LogP contribution in [0.25, 0.3) is 5.69 Å². The zero-order valence-electron chi connectivity index (χ0n) is 18.4. The summed E-state index contributed by atoms with van der Waals surface area (Å²) < 4.78 is 1.80. The molecule has 8 heteroatoms. The molecule has 2 heterocycles. The summed E-state index contributed by atoms with van der Waals surface area (Å²) in [4.78, 5) is 17.0. The van der Waals surface area contributed by atoms with Crippen molar-refractivity contribution in [1.29, 1.82) is 0 Å². The second kappa shape index (κ2) is 8.96. The van der Waals surface area contributed by atoms with Gasteiger partial charge in [-0.05, 0) is 38.8 Å². The van der Waals surface area contributed by atoms with Crippen LogP contribution in [-0.4, -0.2) is 68.5 Å². The minimum atomic E-state index is -0.752. The normalized spacial score (nSPS) is 18.1. The number of nitrogens with one attached hydrogen (secondary N) is 1. The van der Waals surface area contributed by atoms with Gasteiger partial charge in [0, 0.05) is 32.2 Å². The predicted molar refractivity (Wildman–Crippen MR) is 121 cm³/mol. The number of para-hydroxylation sites is 1. The second-order valence-electron chi connectivity index (χ2n) is 8.97. The number of hydrogen-bond donors (Lipinski definition) is 2. The van der Waals surface area contributed by atoms with Crippen LogP contribution in [0.3, 0.4) is 0 Å². The molecule has 1 aromatic carbocycles. The number of nitrogens with zero attached hydrogens (tertiary/aromatic N) is 4. The Kier molecular flexibility index (Phi) is 6.75. The van der Waals surface area contributed by atoms with Gasteiger partial charge in [-0.15, -0.1) is 0 Å². The molecule has 1 aliphatic heterocycles. The summed E-state index contributed by atoms with van der Waals surface area (Å²) in [6, 6.07) is 7.58. The number of urea groups is 1. The quantitative estimate of drug-likeness (QED) is 0.748. The van der Waals surface area contributed by atoms with Crippen LogP contribution < -0.4 is 5.32 Å². The number of piperazine rings is 1. The summed E-state index contributed by atoms with van der Waals surface area (Å²) in [5.41, 5.74) is 1.64. The lowest BCUT2D eigenvalue weighted by Gasteiger charge is -2.41. The summed E-state index contributed by atoms with van der Waals surface area (Å²) in [7, 11) is 0. The van der Waals surface area contributed by atoms with E-state index in [2.05, 4.69) is 36.1 Å². The summed E-state index contributed by atoms with van der Waals surface area (Å²) in [5.74, 6) is 0.140. The number of benzene rings is 1. The zero-order chi connectivity index (χ0) is 22.1. The number of carbonyl (C=O) groups is 1. The van der Waals surface area contributed by atoms with Crippen LogP contribution in [0.5, 0.6) is 0 Å². The number of carbonyl (C=O) groups excluding carboxylic acids is 1. The second-order valence-corrected chi connectivity index (χ2v) is 9.38. The van der Waals surface area contributed by atoms with Crippen molar-refractivity contribution in [2.75, 3.05) is 31.5 Å². The number of aliphatic hydroxyl groups is 1. The fourth-order valence-corrected chi connectivity index (χ4v) is 4.15. The Morgan fingerprint density at radius 2 is 2.03 bits per heavy atom. The molecule has 164 valence electrons. The number of anilines is 1. The monoisotopic (exact) mass is 433 g/mol. The highest BCUT2D eigenvalue weighted by Crippen LogP contribution is 2.30. The fraction of sp³-hybridized carbons (Fsp3) is 0.545. The molecule has 0 bridgehead atoms. The Bertz CT molecular complexity index is 890. The highest BCUT2D eigenvalue weighted by atomic mass is 35.5. The van der Waals surface area contributed by atoms with Crippen LogP contribution in [0, 0.1) is 0 Å². The van der Waals surface area contributed by atoms with E-state index in [1.165, 1.54) is 0 Å². The molecule has 0 spiro atoms. The van der Waals surface area contributed by atoms with Crippen molar-refractivity contribution in [3.63, 3.8) is 0 Å². The van der Waals surface area contributed by atoms with Gasteiger partial charge >= 0.3 is 6.03 Å². The first-order valence-corrected chi connectivity index (χ1v) is 10.8. The molecule has 0 aliphatic carbocycles. The van der Waals surface area contributed by atoms with Gasteiger partial charge < -0.3 is 15.3 Å². The molecule has 7 nitrogen and oxygen atoms in total. The van der Waals surface area contributed by atoms with E-state index < -0.39 is 5.60 Å². The number of aromatic nitrogens is 2. The Morgan fingerprint density at radius 1 is 1.33 bits per heavy atom. The van der Waals surface area contributed by atoms with Gasteiger partial charge in [-0.2, -0.15) is 5.10 Å². The molecule has 1 aromatic heterocycles. The van der Waals surface area contributed by atoms with Crippen molar-refractivity contribution < 1.29 is 9.90 Å². The molecular formula is C22H32ClN5O2. The standard InChI is InChI=1S/C22H32ClN5O2/c1-15(2)20-18(12-24-28(20)19-9-7-6-8-17(19)23)25-21(29)26-10-11-27(16(3)13-26)14-22(4,5)30/h6-9,12,15-16,30H,10-11,13-14H2,1-5H3,(H,25,29). The summed E-state index contributed by atoms with van der Waals surface area (Å²) in [6.45, 7) is 12.4. The topological polar surface area (TPSA) is 73.6 Å². The predicted octanol–water partition coefficient (Wildman–Crippen LogP) is 3.96. The summed E-state index contributed by atoms with van der Waals surface area (Å²) >= 11 is 6.37. The van der Waals surface area contributed by atoms with Gasteiger partial charge in [0.25, 0.3) is 0 Å². The van der Waals surface area contributed by atoms with Crippen molar-refractivity contribution in [2.24, 2.45) is 0 Å². The third kappa shape index (κ3) is 5.14. The molecule has 0 radical (unpaired) electrons. The van der Waals surface area contributed by atoms with Gasteiger partial charge in [-0.3, -0.25) is 4.90 Å². The highest BCUT2D eigenvalue weighted by Gasteiger charge is 2.30. The lowest BCUT2D eigenvalue weighted by Crippen LogP contribution is -2.57. The zero-order valence-corrected chi connectivity index (χ0v) is 19.1. The minimum Gasteiger partial charge on any atom is -0.389 e. The molecule has 1 atom stereocenters.